The van der Waals surface area contributed by atoms with Gasteiger partial charge in [0.1, 0.15) is 5.60 Å². The summed E-state index contributed by atoms with van der Waals surface area (Å²) in [5.74, 6) is -0.00859. The maximum atomic E-state index is 12.7. The lowest BCUT2D eigenvalue weighted by Crippen LogP contribution is -2.48. The summed E-state index contributed by atoms with van der Waals surface area (Å²) in [4.78, 5) is 28.5. The van der Waals surface area contributed by atoms with Gasteiger partial charge in [0.05, 0.1) is 24.9 Å². The third-order valence-electron chi connectivity index (χ3n) is 5.22. The zero-order valence-electron chi connectivity index (χ0n) is 17.6. The fourth-order valence-electron chi connectivity index (χ4n) is 4.17. The van der Waals surface area contributed by atoms with Gasteiger partial charge in [-0.15, -0.1) is 0 Å². The molecule has 9 heteroatoms. The highest BCUT2D eigenvalue weighted by Gasteiger charge is 2.43. The Morgan fingerprint density at radius 1 is 1.11 bits per heavy atom. The van der Waals surface area contributed by atoms with Crippen LogP contribution in [-0.2, 0) is 23.8 Å². The van der Waals surface area contributed by atoms with Crippen LogP contribution in [0.1, 0.15) is 66.2 Å². The van der Waals surface area contributed by atoms with Crippen LogP contribution >= 0.6 is 0 Å². The number of hydrogen-bond acceptors (Lipinski definition) is 6. The van der Waals surface area contributed by atoms with Gasteiger partial charge >= 0.3 is 6.09 Å². The molecule has 1 aliphatic heterocycles. The molecule has 2 aliphatic rings. The molecule has 28 heavy (non-hydrogen) atoms. The van der Waals surface area contributed by atoms with E-state index in [1.54, 1.807) is 27.7 Å². The quantitative estimate of drug-likeness (QED) is 0.637. The largest absolute Gasteiger partial charge is 0.444 e. The third-order valence-corrected chi connectivity index (χ3v) is 5.78. The summed E-state index contributed by atoms with van der Waals surface area (Å²) in [6.07, 6.45) is 6.26. The van der Waals surface area contributed by atoms with Crippen LogP contribution in [0.5, 0.6) is 0 Å². The molecular weight excluding hydrogens is 384 g/mol. The molecule has 2 atom stereocenters. The average Bonchev–Trinajstić information content (AvgIpc) is 2.95. The van der Waals surface area contributed by atoms with Crippen molar-refractivity contribution in [1.82, 2.24) is 9.80 Å². The molecule has 0 aromatic carbocycles. The van der Waals surface area contributed by atoms with E-state index in [2.05, 4.69) is 0 Å². The normalized spacial score (nSPS) is 24.2. The highest BCUT2D eigenvalue weighted by molar-refractivity contribution is 7.85. The lowest BCUT2D eigenvalue weighted by molar-refractivity contribution is -0.134. The lowest BCUT2D eigenvalue weighted by Gasteiger charge is -2.38. The number of hydrogen-bond donors (Lipinski definition) is 0. The van der Waals surface area contributed by atoms with Crippen molar-refractivity contribution in [2.24, 2.45) is 0 Å². The van der Waals surface area contributed by atoms with Gasteiger partial charge in [-0.2, -0.15) is 8.42 Å². The Bertz CT molecular complexity index is 666. The van der Waals surface area contributed by atoms with Gasteiger partial charge in [-0.3, -0.25) is 8.98 Å². The number of likely N-dealkylation sites (tertiary alicyclic amines) is 1. The maximum absolute atomic E-state index is 12.7. The Kier molecular flexibility index (Phi) is 7.36. The summed E-state index contributed by atoms with van der Waals surface area (Å²) < 4.78 is 33.4. The van der Waals surface area contributed by atoms with Crippen LogP contribution in [0, 0.1) is 0 Å². The third kappa shape index (κ3) is 6.62. The smallest absolute Gasteiger partial charge is 0.410 e. The molecule has 0 N–H and O–H groups in total. The van der Waals surface area contributed by atoms with Crippen LogP contribution < -0.4 is 0 Å². The Hall–Kier alpha value is -1.35. The van der Waals surface area contributed by atoms with Gasteiger partial charge in [0.2, 0.25) is 5.91 Å². The van der Waals surface area contributed by atoms with Gasteiger partial charge in [-0.25, -0.2) is 4.79 Å². The van der Waals surface area contributed by atoms with Crippen LogP contribution in [0.2, 0.25) is 0 Å². The van der Waals surface area contributed by atoms with E-state index in [0.29, 0.717) is 13.0 Å². The highest BCUT2D eigenvalue weighted by Crippen LogP contribution is 2.31. The van der Waals surface area contributed by atoms with Crippen molar-refractivity contribution < 1.29 is 26.9 Å². The first-order valence-corrected chi connectivity index (χ1v) is 11.8. The van der Waals surface area contributed by atoms with Crippen LogP contribution in [0.3, 0.4) is 0 Å². The minimum Gasteiger partial charge on any atom is -0.444 e. The Morgan fingerprint density at radius 3 is 2.21 bits per heavy atom. The zero-order chi connectivity index (χ0) is 21.1. The van der Waals surface area contributed by atoms with Gasteiger partial charge in [0.25, 0.3) is 10.1 Å². The molecule has 0 radical (unpaired) electrons. The van der Waals surface area contributed by atoms with Crippen molar-refractivity contribution in [3.8, 4) is 0 Å². The zero-order valence-corrected chi connectivity index (χ0v) is 18.5. The number of nitrogens with zero attached hydrogens (tertiary/aromatic N) is 2. The van der Waals surface area contributed by atoms with Gasteiger partial charge in [0.15, 0.2) is 0 Å². The predicted molar refractivity (Wildman–Crippen MR) is 105 cm³/mol. The second kappa shape index (κ2) is 8.98. The summed E-state index contributed by atoms with van der Waals surface area (Å²) in [5.41, 5.74) is -0.666. The molecule has 1 aliphatic carbocycles. The van der Waals surface area contributed by atoms with Crippen molar-refractivity contribution in [3.05, 3.63) is 0 Å². The number of amides is 2. The molecule has 0 unspecified atom stereocenters. The summed E-state index contributed by atoms with van der Waals surface area (Å²) >= 11 is 0. The van der Waals surface area contributed by atoms with Gasteiger partial charge in [0, 0.05) is 19.5 Å². The fourth-order valence-corrected chi connectivity index (χ4v) is 4.57. The highest BCUT2D eigenvalue weighted by atomic mass is 32.2. The molecule has 2 fully saturated rings. The molecule has 1 heterocycles. The summed E-state index contributed by atoms with van der Waals surface area (Å²) in [5, 5.41) is 0. The van der Waals surface area contributed by atoms with E-state index in [1.807, 2.05) is 4.90 Å². The van der Waals surface area contributed by atoms with Crippen molar-refractivity contribution in [3.63, 3.8) is 0 Å². The van der Waals surface area contributed by atoms with Crippen LogP contribution in [-0.4, -0.2) is 73.4 Å². The van der Waals surface area contributed by atoms with Crippen molar-refractivity contribution in [2.75, 3.05) is 19.4 Å². The number of carbonyl (C=O) groups is 2. The van der Waals surface area contributed by atoms with Gasteiger partial charge in [-0.1, -0.05) is 19.3 Å². The molecule has 1 saturated carbocycles. The topological polar surface area (TPSA) is 93.2 Å². The predicted octanol–water partition coefficient (Wildman–Crippen LogP) is 2.52. The molecule has 0 bridgehead atoms. The van der Waals surface area contributed by atoms with E-state index < -0.39 is 27.9 Å². The van der Waals surface area contributed by atoms with Crippen LogP contribution in [0.25, 0.3) is 0 Å². The Balaban J connectivity index is 2.19. The van der Waals surface area contributed by atoms with E-state index >= 15 is 0 Å². The monoisotopic (exact) mass is 418 g/mol. The first-order chi connectivity index (χ1) is 12.9. The van der Waals surface area contributed by atoms with E-state index in [-0.39, 0.29) is 24.6 Å². The fraction of sp³-hybridized carbons (Fsp3) is 0.895. The number of carbonyl (C=O) groups excluding carboxylic acids is 2. The average molecular weight is 419 g/mol. The van der Waals surface area contributed by atoms with Gasteiger partial charge in [-0.05, 0) is 40.0 Å². The minimum absolute atomic E-state index is 0.00859. The number of ether oxygens (including phenoxy) is 1. The Labute approximate surface area is 168 Å². The van der Waals surface area contributed by atoms with Crippen molar-refractivity contribution in [2.45, 2.75) is 89.9 Å². The second-order valence-corrected chi connectivity index (χ2v) is 10.5. The molecule has 8 nitrogen and oxygen atoms in total. The van der Waals surface area contributed by atoms with E-state index in [9.17, 15) is 18.0 Å². The molecule has 0 aromatic heterocycles. The van der Waals surface area contributed by atoms with Gasteiger partial charge < -0.3 is 14.5 Å². The maximum Gasteiger partial charge on any atom is 0.410 e. The van der Waals surface area contributed by atoms with Crippen molar-refractivity contribution in [1.29, 1.82) is 0 Å². The lowest BCUT2D eigenvalue weighted by atomic mass is 9.92. The van der Waals surface area contributed by atoms with Crippen LogP contribution in [0.15, 0.2) is 0 Å². The first-order valence-electron chi connectivity index (χ1n) is 10.0. The summed E-state index contributed by atoms with van der Waals surface area (Å²) in [7, 11) is -3.63. The SMILES string of the molecule is CC(=O)N(C1CCCCC1)[C@H]1C[C@H](COS(C)(=O)=O)N(C(=O)OC(C)(C)C)C1. The van der Waals surface area contributed by atoms with Crippen molar-refractivity contribution >= 4 is 22.1 Å². The van der Waals surface area contributed by atoms with Crippen LogP contribution in [0.4, 0.5) is 4.79 Å². The number of rotatable bonds is 5. The first kappa shape index (κ1) is 22.9. The standard InChI is InChI=1S/C19H34N2O6S/c1-14(22)21(15-9-7-6-8-10-15)16-11-17(13-26-28(5,24)25)20(12-16)18(23)27-19(2,3)4/h15-17H,6-13H2,1-5H3/t16-,17+/m0/s1. The van der Waals surface area contributed by atoms with E-state index in [0.717, 1.165) is 31.9 Å². The molecule has 0 spiro atoms. The molecule has 1 saturated heterocycles. The molecule has 2 rings (SSSR count). The molecular formula is C19H34N2O6S. The molecule has 2 amide bonds. The second-order valence-electron chi connectivity index (χ2n) is 8.88. The molecule has 162 valence electrons. The summed E-state index contributed by atoms with van der Waals surface area (Å²) in [6, 6.07) is -0.451. The molecule has 0 aromatic rings. The van der Waals surface area contributed by atoms with E-state index in [1.165, 1.54) is 11.3 Å². The summed E-state index contributed by atoms with van der Waals surface area (Å²) in [6.45, 7) is 7.10. The van der Waals surface area contributed by atoms with E-state index in [4.69, 9.17) is 8.92 Å². The Morgan fingerprint density at radius 2 is 1.71 bits per heavy atom. The minimum atomic E-state index is -3.63.